The van der Waals surface area contributed by atoms with Crippen LogP contribution in [0.3, 0.4) is 0 Å². The van der Waals surface area contributed by atoms with E-state index in [9.17, 15) is 18.4 Å². The van der Waals surface area contributed by atoms with Gasteiger partial charge in [0.1, 0.15) is 17.6 Å². The second-order valence-electron chi connectivity index (χ2n) is 6.88. The Morgan fingerprint density at radius 3 is 2.60 bits per heavy atom. The van der Waals surface area contributed by atoms with E-state index >= 15 is 0 Å². The van der Waals surface area contributed by atoms with Gasteiger partial charge in [-0.25, -0.2) is 13.5 Å². The van der Waals surface area contributed by atoms with Gasteiger partial charge in [0, 0.05) is 22.9 Å². The van der Waals surface area contributed by atoms with Crippen LogP contribution in [-0.4, -0.2) is 28.7 Å². The predicted octanol–water partition coefficient (Wildman–Crippen LogP) is 3.67. The third kappa shape index (κ3) is 3.49. The van der Waals surface area contributed by atoms with Crippen molar-refractivity contribution in [3.8, 4) is 17.0 Å². The van der Waals surface area contributed by atoms with Crippen LogP contribution < -0.4 is 15.4 Å². The van der Waals surface area contributed by atoms with E-state index in [0.29, 0.717) is 22.8 Å². The van der Waals surface area contributed by atoms with E-state index in [0.717, 1.165) is 17.7 Å². The van der Waals surface area contributed by atoms with Gasteiger partial charge in [0.25, 0.3) is 0 Å². The number of hydrogen-bond acceptors (Lipinski definition) is 4. The molecule has 0 bridgehead atoms. The van der Waals surface area contributed by atoms with Crippen molar-refractivity contribution in [2.45, 2.75) is 19.4 Å². The summed E-state index contributed by atoms with van der Waals surface area (Å²) >= 11 is 0. The first-order valence-corrected chi connectivity index (χ1v) is 9.16. The zero-order valence-electron chi connectivity index (χ0n) is 16.2. The number of nitrogens with zero attached hydrogens (tertiary/aromatic N) is 2. The quantitative estimate of drug-likeness (QED) is 0.685. The molecule has 9 heteroatoms. The summed E-state index contributed by atoms with van der Waals surface area (Å²) in [7, 11) is 1.57. The molecule has 0 spiro atoms. The van der Waals surface area contributed by atoms with Crippen molar-refractivity contribution in [1.82, 2.24) is 9.78 Å². The Labute approximate surface area is 170 Å². The number of carbonyl (C=O) groups is 2. The van der Waals surface area contributed by atoms with Gasteiger partial charge in [-0.2, -0.15) is 5.10 Å². The number of amides is 2. The highest BCUT2D eigenvalue weighted by molar-refractivity contribution is 6.02. The maximum atomic E-state index is 13.5. The fourth-order valence-electron chi connectivity index (χ4n) is 3.36. The van der Waals surface area contributed by atoms with Crippen LogP contribution in [0.1, 0.15) is 18.0 Å². The van der Waals surface area contributed by atoms with E-state index in [1.54, 1.807) is 26.2 Å². The van der Waals surface area contributed by atoms with Gasteiger partial charge >= 0.3 is 0 Å². The standard InChI is InChI=1S/C21H18F2N4O3/c1-11-19(12-3-6-14(30-2)7-4-12)26-27-17(10-18(28)25-20(11)27)21(29)24-13-5-8-15(22)16(23)9-13/h3-9,17H,10H2,1-2H3,(H,24,29)(H,25,28)/t17-/m0/s1. The molecule has 3 aromatic rings. The van der Waals surface area contributed by atoms with Crippen molar-refractivity contribution in [1.29, 1.82) is 0 Å². The molecule has 1 aliphatic rings. The summed E-state index contributed by atoms with van der Waals surface area (Å²) in [5, 5.41) is 9.83. The number of fused-ring (bicyclic) bond motifs is 1. The number of rotatable bonds is 4. The monoisotopic (exact) mass is 412 g/mol. The minimum atomic E-state index is -1.08. The third-order valence-electron chi connectivity index (χ3n) is 4.93. The number of carbonyl (C=O) groups excluding carboxylic acids is 2. The zero-order chi connectivity index (χ0) is 21.4. The van der Waals surface area contributed by atoms with Crippen molar-refractivity contribution in [2.75, 3.05) is 17.7 Å². The summed E-state index contributed by atoms with van der Waals surface area (Å²) in [6.07, 6.45) is -0.133. The fourth-order valence-corrected chi connectivity index (χ4v) is 3.36. The Morgan fingerprint density at radius 2 is 1.93 bits per heavy atom. The van der Waals surface area contributed by atoms with Crippen LogP contribution in [0.5, 0.6) is 5.75 Å². The number of ether oxygens (including phenoxy) is 1. The first kappa shape index (κ1) is 19.6. The molecule has 0 unspecified atom stereocenters. The average Bonchev–Trinajstić information content (AvgIpc) is 3.06. The number of halogens is 2. The molecular weight excluding hydrogens is 394 g/mol. The molecule has 0 saturated carbocycles. The molecule has 2 aromatic carbocycles. The molecule has 4 rings (SSSR count). The van der Waals surface area contributed by atoms with E-state index in [1.807, 2.05) is 12.1 Å². The normalized spacial score (nSPS) is 15.3. The van der Waals surface area contributed by atoms with Crippen LogP contribution in [0.25, 0.3) is 11.3 Å². The van der Waals surface area contributed by atoms with Crippen molar-refractivity contribution < 1.29 is 23.1 Å². The Balaban J connectivity index is 1.67. The molecule has 0 saturated heterocycles. The number of nitrogens with one attached hydrogen (secondary N) is 2. The highest BCUT2D eigenvalue weighted by atomic mass is 19.2. The molecule has 2 N–H and O–H groups in total. The first-order chi connectivity index (χ1) is 14.4. The molecule has 0 fully saturated rings. The second kappa shape index (κ2) is 7.58. The molecule has 2 heterocycles. The van der Waals surface area contributed by atoms with Crippen LogP contribution in [0.4, 0.5) is 20.3 Å². The fraction of sp³-hybridized carbons (Fsp3) is 0.190. The van der Waals surface area contributed by atoms with Crippen LogP contribution in [0.15, 0.2) is 42.5 Å². The second-order valence-corrected chi connectivity index (χ2v) is 6.88. The maximum absolute atomic E-state index is 13.5. The summed E-state index contributed by atoms with van der Waals surface area (Å²) in [6, 6.07) is 9.36. The van der Waals surface area contributed by atoms with Gasteiger partial charge in [0.05, 0.1) is 19.2 Å². The lowest BCUT2D eigenvalue weighted by Crippen LogP contribution is -2.36. The van der Waals surface area contributed by atoms with Gasteiger partial charge in [-0.05, 0) is 43.3 Å². The summed E-state index contributed by atoms with van der Waals surface area (Å²) in [6.45, 7) is 1.80. The molecule has 1 atom stereocenters. The van der Waals surface area contributed by atoms with Crippen LogP contribution in [0.2, 0.25) is 0 Å². The molecule has 0 radical (unpaired) electrons. The van der Waals surface area contributed by atoms with Crippen molar-refractivity contribution in [3.63, 3.8) is 0 Å². The van der Waals surface area contributed by atoms with Gasteiger partial charge in [0.15, 0.2) is 11.6 Å². The van der Waals surface area contributed by atoms with Crippen molar-refractivity contribution in [2.24, 2.45) is 0 Å². The number of anilines is 2. The van der Waals surface area contributed by atoms with Crippen molar-refractivity contribution >= 4 is 23.3 Å². The zero-order valence-corrected chi connectivity index (χ0v) is 16.2. The SMILES string of the molecule is COc1ccc(-c2nn3c(c2C)NC(=O)C[C@H]3C(=O)Nc2ccc(F)c(F)c2)cc1. The van der Waals surface area contributed by atoms with E-state index in [2.05, 4.69) is 15.7 Å². The summed E-state index contributed by atoms with van der Waals surface area (Å²) < 4.78 is 33.2. The minimum absolute atomic E-state index is 0.0886. The first-order valence-electron chi connectivity index (χ1n) is 9.16. The largest absolute Gasteiger partial charge is 0.497 e. The van der Waals surface area contributed by atoms with Crippen LogP contribution in [-0.2, 0) is 9.59 Å². The summed E-state index contributed by atoms with van der Waals surface area (Å²) in [5.41, 5.74) is 2.20. The Kier molecular flexibility index (Phi) is 4.94. The Bertz CT molecular complexity index is 1140. The van der Waals surface area contributed by atoms with Gasteiger partial charge < -0.3 is 15.4 Å². The van der Waals surface area contributed by atoms with Gasteiger partial charge in [-0.1, -0.05) is 0 Å². The van der Waals surface area contributed by atoms with Crippen LogP contribution >= 0.6 is 0 Å². The number of benzene rings is 2. The lowest BCUT2D eigenvalue weighted by atomic mass is 10.1. The lowest BCUT2D eigenvalue weighted by Gasteiger charge is -2.24. The summed E-state index contributed by atoms with van der Waals surface area (Å²) in [5.74, 6) is -1.87. The van der Waals surface area contributed by atoms with Gasteiger partial charge in [0.2, 0.25) is 11.8 Å². The topological polar surface area (TPSA) is 85.2 Å². The molecular formula is C21H18F2N4O3. The number of hydrogen-bond donors (Lipinski definition) is 2. The Hall–Kier alpha value is -3.75. The molecule has 154 valence electrons. The van der Waals surface area contributed by atoms with E-state index < -0.39 is 23.6 Å². The lowest BCUT2D eigenvalue weighted by molar-refractivity contribution is -0.125. The van der Waals surface area contributed by atoms with Gasteiger partial charge in [-0.15, -0.1) is 0 Å². The third-order valence-corrected chi connectivity index (χ3v) is 4.93. The highest BCUT2D eigenvalue weighted by Gasteiger charge is 2.34. The number of methoxy groups -OCH3 is 1. The average molecular weight is 412 g/mol. The molecule has 2 amide bonds. The van der Waals surface area contributed by atoms with E-state index in [4.69, 9.17) is 4.74 Å². The molecule has 7 nitrogen and oxygen atoms in total. The minimum Gasteiger partial charge on any atom is -0.497 e. The van der Waals surface area contributed by atoms with Crippen molar-refractivity contribution in [3.05, 3.63) is 59.7 Å². The van der Waals surface area contributed by atoms with E-state index in [1.165, 1.54) is 10.7 Å². The highest BCUT2D eigenvalue weighted by Crippen LogP contribution is 2.35. The molecule has 1 aromatic heterocycles. The van der Waals surface area contributed by atoms with Crippen LogP contribution in [0, 0.1) is 18.6 Å². The smallest absolute Gasteiger partial charge is 0.249 e. The summed E-state index contributed by atoms with van der Waals surface area (Å²) in [4.78, 5) is 25.0. The molecule has 0 aliphatic carbocycles. The van der Waals surface area contributed by atoms with Gasteiger partial charge in [-0.3, -0.25) is 9.59 Å². The molecule has 1 aliphatic heterocycles. The Morgan fingerprint density at radius 1 is 1.20 bits per heavy atom. The molecule has 30 heavy (non-hydrogen) atoms. The maximum Gasteiger partial charge on any atom is 0.249 e. The van der Waals surface area contributed by atoms with E-state index in [-0.39, 0.29) is 18.0 Å². The number of aromatic nitrogens is 2. The predicted molar refractivity (Wildman–Crippen MR) is 106 cm³/mol.